The van der Waals surface area contributed by atoms with Crippen LogP contribution in [0.1, 0.15) is 117 Å². The Morgan fingerprint density at radius 2 is 1.20 bits per heavy atom. The Hall–Kier alpha value is -0.500. The molecule has 0 unspecified atom stereocenters. The molecule has 2 N–H and O–H groups in total. The zero-order valence-corrected chi connectivity index (χ0v) is 29.1. The zero-order valence-electron chi connectivity index (χ0n) is 25.2. The Morgan fingerprint density at radius 1 is 0.756 bits per heavy atom. The van der Waals surface area contributed by atoms with Crippen molar-refractivity contribution >= 4 is 69.8 Å². The molecule has 0 aromatic rings. The topological polar surface area (TPSA) is 176 Å². The Labute approximate surface area is 279 Å². The summed E-state index contributed by atoms with van der Waals surface area (Å²) in [5.74, 6) is -1.87. The molecule has 0 heterocycles. The number of carbonyl (C=O) groups excluding carboxylic acids is 1. The van der Waals surface area contributed by atoms with E-state index in [-0.39, 0.29) is 56.7 Å². The smallest absolute Gasteiger partial charge is 0.859 e. The van der Waals surface area contributed by atoms with Crippen molar-refractivity contribution in [1.82, 2.24) is 5.32 Å². The maximum Gasteiger partial charge on any atom is 2.00 e. The van der Waals surface area contributed by atoms with Gasteiger partial charge in [-0.15, -0.1) is 0 Å². The van der Waals surface area contributed by atoms with E-state index in [0.29, 0.717) is 0 Å². The summed E-state index contributed by atoms with van der Waals surface area (Å²) in [6, 6.07) is 0. The maximum absolute atomic E-state index is 11.3. The summed E-state index contributed by atoms with van der Waals surface area (Å²) in [5, 5.41) is 13.6. The average molecular weight is 649 g/mol. The van der Waals surface area contributed by atoms with Crippen molar-refractivity contribution in [2.24, 2.45) is 4.99 Å². The van der Waals surface area contributed by atoms with Crippen molar-refractivity contribution in [1.29, 1.82) is 0 Å². The molecule has 10 nitrogen and oxygen atoms in total. The van der Waals surface area contributed by atoms with Gasteiger partial charge in [0, 0.05) is 6.54 Å². The number of carbonyl (C=O) groups is 1. The van der Waals surface area contributed by atoms with Crippen LogP contribution < -0.4 is 10.4 Å². The van der Waals surface area contributed by atoms with E-state index in [0.717, 1.165) is 32.1 Å². The van der Waals surface area contributed by atoms with Crippen molar-refractivity contribution < 1.29 is 35.8 Å². The summed E-state index contributed by atoms with van der Waals surface area (Å²) < 4.78 is 60.2. The van der Waals surface area contributed by atoms with Crippen molar-refractivity contribution in [3.8, 4) is 0 Å². The van der Waals surface area contributed by atoms with E-state index in [1.54, 1.807) is 12.2 Å². The number of unbranched alkanes of at least 4 members (excludes halogenated alkanes) is 14. The van der Waals surface area contributed by atoms with Gasteiger partial charge in [-0.25, -0.2) is 8.42 Å². The standard InChI is InChI=1S/2C14H27NO4S.Ca/c2*1-2-3-4-5-6-7-8-9-10-11-14(16)15-12-13-20(17,18)19;/h2*10-11H,2-9,12-13H2,1H3,(H,15,16)(H,17,18,19);/q;;+2/p-2/b2*11-10+;. The SMILES string of the molecule is CCCCCCCCC/C=C/C(=O)NCCS(=O)(=O)O.CCCCCCCCC/C=C/C([O-])=NCCS(=O)(=O)[O-].[Ca+2]. The molecule has 236 valence electrons. The zero-order chi connectivity index (χ0) is 30.5. The molecule has 0 radical (unpaired) electrons. The first-order chi connectivity index (χ1) is 18.9. The molecule has 0 fully saturated rings. The van der Waals surface area contributed by atoms with Crippen LogP contribution in [0.15, 0.2) is 29.3 Å². The third kappa shape index (κ3) is 44.1. The molecule has 0 aliphatic heterocycles. The molecular weight excluding hydrogens is 597 g/mol. The van der Waals surface area contributed by atoms with Crippen LogP contribution in [0.5, 0.6) is 0 Å². The molecule has 41 heavy (non-hydrogen) atoms. The summed E-state index contributed by atoms with van der Waals surface area (Å²) in [6.07, 6.45) is 25.2. The van der Waals surface area contributed by atoms with Gasteiger partial charge in [0.2, 0.25) is 5.91 Å². The number of allylic oxidation sites excluding steroid dienone is 2. The van der Waals surface area contributed by atoms with Crippen LogP contribution in [0.3, 0.4) is 0 Å². The first-order valence-electron chi connectivity index (χ1n) is 14.6. The van der Waals surface area contributed by atoms with Gasteiger partial charge in [0.25, 0.3) is 10.1 Å². The van der Waals surface area contributed by atoms with E-state index in [1.165, 1.54) is 82.8 Å². The minimum absolute atomic E-state index is 0. The predicted molar refractivity (Wildman–Crippen MR) is 166 cm³/mol. The molecule has 0 aliphatic rings. The Balaban J connectivity index is -0.000000688. The van der Waals surface area contributed by atoms with Crippen LogP contribution in [-0.4, -0.2) is 100 Å². The summed E-state index contributed by atoms with van der Waals surface area (Å²) in [7, 11) is -8.28. The third-order valence-corrected chi connectivity index (χ3v) is 7.15. The normalized spacial score (nSPS) is 12.2. The van der Waals surface area contributed by atoms with Gasteiger partial charge in [0.05, 0.1) is 28.2 Å². The number of aliphatic imine (C=N–C) groups is 1. The van der Waals surface area contributed by atoms with Gasteiger partial charge >= 0.3 is 37.7 Å². The van der Waals surface area contributed by atoms with Crippen LogP contribution in [0.25, 0.3) is 0 Å². The largest absolute Gasteiger partial charge is 2.00 e. The van der Waals surface area contributed by atoms with Crippen molar-refractivity contribution in [2.75, 3.05) is 24.6 Å². The second kappa shape index (κ2) is 30.9. The number of hydrogen-bond donors (Lipinski definition) is 2. The quantitative estimate of drug-likeness (QED) is 0.0389. The number of amides is 1. The van der Waals surface area contributed by atoms with Crippen molar-refractivity contribution in [2.45, 2.75) is 117 Å². The predicted octanol–water partition coefficient (Wildman–Crippen LogP) is 4.29. The number of nitrogens with zero attached hydrogens (tertiary/aromatic N) is 1. The van der Waals surface area contributed by atoms with Crippen LogP contribution in [0.2, 0.25) is 0 Å². The molecule has 0 atom stereocenters. The van der Waals surface area contributed by atoms with Gasteiger partial charge in [0.15, 0.2) is 0 Å². The molecule has 13 heteroatoms. The van der Waals surface area contributed by atoms with Crippen LogP contribution >= 0.6 is 0 Å². The second-order valence-electron chi connectivity index (χ2n) is 9.68. The fourth-order valence-corrected chi connectivity index (χ4v) is 4.17. The second-order valence-corrected chi connectivity index (χ2v) is 12.8. The number of rotatable bonds is 24. The first-order valence-corrected chi connectivity index (χ1v) is 17.8. The third-order valence-electron chi connectivity index (χ3n) is 5.75. The first kappa shape index (κ1) is 44.9. The fourth-order valence-electron chi connectivity index (χ4n) is 3.50. The van der Waals surface area contributed by atoms with Crippen molar-refractivity contribution in [3.63, 3.8) is 0 Å². The molecule has 0 saturated carbocycles. The van der Waals surface area contributed by atoms with Gasteiger partial charge in [-0.3, -0.25) is 9.35 Å². The van der Waals surface area contributed by atoms with E-state index >= 15 is 0 Å². The minimum atomic E-state index is -4.28. The van der Waals surface area contributed by atoms with Gasteiger partial charge in [-0.1, -0.05) is 109 Å². The Morgan fingerprint density at radius 3 is 1.63 bits per heavy atom. The Kier molecular flexibility index (Phi) is 33.9. The molecule has 0 spiro atoms. The van der Waals surface area contributed by atoms with Gasteiger partial charge in [-0.2, -0.15) is 8.42 Å². The number of hydrogen-bond acceptors (Lipinski definition) is 8. The van der Waals surface area contributed by atoms with Crippen LogP contribution in [0.4, 0.5) is 0 Å². The van der Waals surface area contributed by atoms with Gasteiger partial charge in [0.1, 0.15) is 0 Å². The van der Waals surface area contributed by atoms with E-state index in [9.17, 15) is 31.3 Å². The Bertz CT molecular complexity index is 921. The summed E-state index contributed by atoms with van der Waals surface area (Å²) in [5.41, 5.74) is 0. The average Bonchev–Trinajstić information content (AvgIpc) is 2.85. The summed E-state index contributed by atoms with van der Waals surface area (Å²) in [6.45, 7) is 4.07. The van der Waals surface area contributed by atoms with E-state index in [2.05, 4.69) is 24.2 Å². The summed E-state index contributed by atoms with van der Waals surface area (Å²) >= 11 is 0. The molecular formula is C28H52CaN2O8S2. The molecule has 0 aromatic heterocycles. The monoisotopic (exact) mass is 648 g/mol. The molecule has 0 saturated heterocycles. The van der Waals surface area contributed by atoms with Gasteiger partial charge < -0.3 is 20.0 Å². The van der Waals surface area contributed by atoms with Crippen molar-refractivity contribution in [3.05, 3.63) is 24.3 Å². The maximum atomic E-state index is 11.3. The molecule has 0 aromatic carbocycles. The molecule has 1 amide bonds. The number of nitrogens with one attached hydrogen (secondary N) is 1. The van der Waals surface area contributed by atoms with Crippen LogP contribution in [0, 0.1) is 0 Å². The summed E-state index contributed by atoms with van der Waals surface area (Å²) in [4.78, 5) is 14.7. The van der Waals surface area contributed by atoms with Gasteiger partial charge in [-0.05, 0) is 37.7 Å². The minimum Gasteiger partial charge on any atom is -0.859 e. The fraction of sp³-hybridized carbons (Fsp3) is 0.786. The van der Waals surface area contributed by atoms with E-state index < -0.39 is 37.6 Å². The molecule has 0 aliphatic carbocycles. The molecule has 0 rings (SSSR count). The van der Waals surface area contributed by atoms with E-state index in [4.69, 9.17) is 4.55 Å². The van der Waals surface area contributed by atoms with Crippen LogP contribution in [-0.2, 0) is 25.0 Å². The molecule has 0 bridgehead atoms. The van der Waals surface area contributed by atoms with E-state index in [1.807, 2.05) is 0 Å².